The minimum atomic E-state index is -0.878. The summed E-state index contributed by atoms with van der Waals surface area (Å²) < 4.78 is 0. The van der Waals surface area contributed by atoms with Crippen molar-refractivity contribution in [2.24, 2.45) is 5.92 Å². The zero-order chi connectivity index (χ0) is 14.3. The number of amides is 2. The van der Waals surface area contributed by atoms with E-state index in [0.29, 0.717) is 0 Å². The minimum absolute atomic E-state index is 0.00954. The first kappa shape index (κ1) is 16.1. The maximum atomic E-state index is 11.8. The van der Waals surface area contributed by atoms with Crippen molar-refractivity contribution in [3.8, 4) is 0 Å². The summed E-state index contributed by atoms with van der Waals surface area (Å²) in [5.41, 5.74) is 0. The molecule has 19 heavy (non-hydrogen) atoms. The van der Waals surface area contributed by atoms with Gasteiger partial charge < -0.3 is 15.3 Å². The van der Waals surface area contributed by atoms with Gasteiger partial charge in [-0.25, -0.2) is 4.79 Å². The van der Waals surface area contributed by atoms with Crippen molar-refractivity contribution in [1.82, 2.24) is 10.2 Å². The van der Waals surface area contributed by atoms with E-state index in [1.165, 1.54) is 23.5 Å². The molecule has 0 atom stereocenters. The van der Waals surface area contributed by atoms with E-state index in [9.17, 15) is 9.59 Å². The minimum Gasteiger partial charge on any atom is -0.481 e. The number of carboxylic acids is 1. The Balaban J connectivity index is 2.24. The molecular weight excluding hydrogens is 264 g/mol. The highest BCUT2D eigenvalue weighted by Gasteiger charge is 2.23. The highest BCUT2D eigenvalue weighted by atomic mass is 32.2. The molecule has 1 aliphatic rings. The predicted molar refractivity (Wildman–Crippen MR) is 77.5 cm³/mol. The van der Waals surface area contributed by atoms with Gasteiger partial charge in [0.05, 0.1) is 6.42 Å². The topological polar surface area (TPSA) is 69.6 Å². The number of rotatable bonds is 6. The highest BCUT2D eigenvalue weighted by Crippen LogP contribution is 2.26. The fraction of sp³-hybridized carbons (Fsp3) is 0.846. The van der Waals surface area contributed by atoms with E-state index in [2.05, 4.69) is 11.6 Å². The van der Waals surface area contributed by atoms with Gasteiger partial charge >= 0.3 is 12.0 Å². The maximum absolute atomic E-state index is 11.8. The molecule has 1 fully saturated rings. The van der Waals surface area contributed by atoms with Gasteiger partial charge in [0, 0.05) is 19.6 Å². The Labute approximate surface area is 119 Å². The molecule has 0 aromatic heterocycles. The summed E-state index contributed by atoms with van der Waals surface area (Å²) in [5, 5.41) is 11.6. The summed E-state index contributed by atoms with van der Waals surface area (Å²) >= 11 is 1.89. The number of aliphatic carboxylic acids is 1. The van der Waals surface area contributed by atoms with E-state index in [-0.39, 0.29) is 25.0 Å². The first-order chi connectivity index (χ1) is 9.02. The number of hydrogen-bond acceptors (Lipinski definition) is 3. The van der Waals surface area contributed by atoms with Crippen molar-refractivity contribution in [1.29, 1.82) is 0 Å². The monoisotopic (exact) mass is 288 g/mol. The molecule has 0 aromatic carbocycles. The molecule has 2 amide bonds. The van der Waals surface area contributed by atoms with Gasteiger partial charge in [-0.2, -0.15) is 11.8 Å². The number of urea groups is 1. The van der Waals surface area contributed by atoms with Crippen LogP contribution in [0.4, 0.5) is 4.79 Å². The normalized spacial score (nSPS) is 22.8. The van der Waals surface area contributed by atoms with Gasteiger partial charge in [0.2, 0.25) is 0 Å². The van der Waals surface area contributed by atoms with E-state index < -0.39 is 5.97 Å². The summed E-state index contributed by atoms with van der Waals surface area (Å²) in [6.07, 6.45) is 6.53. The van der Waals surface area contributed by atoms with Crippen molar-refractivity contribution < 1.29 is 14.7 Å². The molecule has 0 aromatic rings. The molecular formula is C13H24N2O3S. The number of nitrogens with one attached hydrogen (secondary N) is 1. The van der Waals surface area contributed by atoms with Gasteiger partial charge in [-0.1, -0.05) is 0 Å². The number of carboxylic acid groups (broad SMARTS) is 1. The van der Waals surface area contributed by atoms with Crippen molar-refractivity contribution in [2.75, 3.05) is 25.6 Å². The molecule has 0 heterocycles. The maximum Gasteiger partial charge on any atom is 0.317 e. The molecule has 0 saturated heterocycles. The van der Waals surface area contributed by atoms with Crippen LogP contribution in [0.5, 0.6) is 0 Å². The van der Waals surface area contributed by atoms with Gasteiger partial charge in [0.15, 0.2) is 0 Å². The molecule has 0 radical (unpaired) electrons. The van der Waals surface area contributed by atoms with E-state index in [1.807, 2.05) is 11.8 Å². The van der Waals surface area contributed by atoms with Crippen LogP contribution in [-0.4, -0.2) is 53.6 Å². The van der Waals surface area contributed by atoms with Crippen molar-refractivity contribution >= 4 is 23.8 Å². The third-order valence-electron chi connectivity index (χ3n) is 3.58. The molecule has 2 N–H and O–H groups in total. The molecule has 0 bridgehead atoms. The van der Waals surface area contributed by atoms with Gasteiger partial charge in [-0.05, 0) is 43.6 Å². The lowest BCUT2D eigenvalue weighted by molar-refractivity contribution is -0.137. The van der Waals surface area contributed by atoms with Crippen LogP contribution in [-0.2, 0) is 4.79 Å². The van der Waals surface area contributed by atoms with Crippen LogP contribution >= 0.6 is 11.8 Å². The molecule has 1 saturated carbocycles. The van der Waals surface area contributed by atoms with Crippen LogP contribution in [0.1, 0.15) is 32.1 Å². The van der Waals surface area contributed by atoms with E-state index >= 15 is 0 Å². The Morgan fingerprint density at radius 1 is 1.32 bits per heavy atom. The molecule has 0 unspecified atom stereocenters. The number of hydrogen-bond donors (Lipinski definition) is 2. The smallest absolute Gasteiger partial charge is 0.317 e. The number of carbonyl (C=O) groups is 2. The zero-order valence-corrected chi connectivity index (χ0v) is 12.5. The largest absolute Gasteiger partial charge is 0.481 e. The fourth-order valence-electron chi connectivity index (χ4n) is 2.36. The van der Waals surface area contributed by atoms with Gasteiger partial charge in [-0.15, -0.1) is 0 Å². The standard InChI is InChI=1S/C13H24N2O3S/c1-15(8-7-12(16)17)13(18)14-11-5-3-10(4-6-11)9-19-2/h10-11H,3-9H2,1-2H3,(H,14,18)(H,16,17). The van der Waals surface area contributed by atoms with Crippen LogP contribution in [0.25, 0.3) is 0 Å². The van der Waals surface area contributed by atoms with Crippen LogP contribution in [0.2, 0.25) is 0 Å². The summed E-state index contributed by atoms with van der Waals surface area (Å²) in [7, 11) is 1.64. The Morgan fingerprint density at radius 2 is 1.95 bits per heavy atom. The molecule has 1 rings (SSSR count). The molecule has 0 spiro atoms. The van der Waals surface area contributed by atoms with Crippen LogP contribution in [0.3, 0.4) is 0 Å². The Kier molecular flexibility index (Phi) is 7.05. The van der Waals surface area contributed by atoms with Gasteiger partial charge in [0.25, 0.3) is 0 Å². The van der Waals surface area contributed by atoms with Crippen molar-refractivity contribution in [2.45, 2.75) is 38.1 Å². The quantitative estimate of drug-likeness (QED) is 0.784. The van der Waals surface area contributed by atoms with Crippen LogP contribution in [0, 0.1) is 5.92 Å². The number of nitrogens with zero attached hydrogens (tertiary/aromatic N) is 1. The first-order valence-corrected chi connectivity index (χ1v) is 8.14. The zero-order valence-electron chi connectivity index (χ0n) is 11.7. The number of thioether (sulfide) groups is 1. The first-order valence-electron chi connectivity index (χ1n) is 6.75. The summed E-state index contributed by atoms with van der Waals surface area (Å²) in [6.45, 7) is 0.253. The predicted octanol–water partition coefficient (Wildman–Crippen LogP) is 2.02. The van der Waals surface area contributed by atoms with Gasteiger partial charge in [-0.3, -0.25) is 4.79 Å². The van der Waals surface area contributed by atoms with Gasteiger partial charge in [0.1, 0.15) is 0 Å². The van der Waals surface area contributed by atoms with Crippen molar-refractivity contribution in [3.05, 3.63) is 0 Å². The molecule has 110 valence electrons. The lowest BCUT2D eigenvalue weighted by atomic mass is 9.87. The van der Waals surface area contributed by atoms with E-state index in [4.69, 9.17) is 5.11 Å². The molecule has 1 aliphatic carbocycles. The highest BCUT2D eigenvalue weighted by molar-refractivity contribution is 7.98. The Hall–Kier alpha value is -0.910. The SMILES string of the molecule is CSCC1CCC(NC(=O)N(C)CCC(=O)O)CC1. The second kappa shape index (κ2) is 8.30. The Morgan fingerprint density at radius 3 is 2.47 bits per heavy atom. The average molecular weight is 288 g/mol. The molecule has 6 heteroatoms. The molecule has 5 nitrogen and oxygen atoms in total. The lowest BCUT2D eigenvalue weighted by Gasteiger charge is -2.30. The number of carbonyl (C=O) groups excluding carboxylic acids is 1. The second-order valence-corrected chi connectivity index (χ2v) is 6.10. The average Bonchev–Trinajstić information content (AvgIpc) is 2.38. The third-order valence-corrected chi connectivity index (χ3v) is 4.39. The second-order valence-electron chi connectivity index (χ2n) is 5.19. The van der Waals surface area contributed by atoms with E-state index in [0.717, 1.165) is 18.8 Å². The van der Waals surface area contributed by atoms with Crippen molar-refractivity contribution in [3.63, 3.8) is 0 Å². The fourth-order valence-corrected chi connectivity index (χ4v) is 3.16. The third kappa shape index (κ3) is 6.18. The van der Waals surface area contributed by atoms with E-state index in [1.54, 1.807) is 7.05 Å². The summed E-state index contributed by atoms with van der Waals surface area (Å²) in [5.74, 6) is 1.12. The molecule has 0 aliphatic heterocycles. The lowest BCUT2D eigenvalue weighted by Crippen LogP contribution is -2.45. The summed E-state index contributed by atoms with van der Waals surface area (Å²) in [6, 6.07) is 0.0902. The Bertz CT molecular complexity index is 304. The van der Waals surface area contributed by atoms with Crippen LogP contribution < -0.4 is 5.32 Å². The van der Waals surface area contributed by atoms with Crippen LogP contribution in [0.15, 0.2) is 0 Å². The summed E-state index contributed by atoms with van der Waals surface area (Å²) in [4.78, 5) is 23.7.